The molecule has 0 unspecified atom stereocenters. The van der Waals surface area contributed by atoms with E-state index in [4.69, 9.17) is 4.99 Å². The Bertz CT molecular complexity index is 1140. The first-order valence-electron chi connectivity index (χ1n) is 9.46. The van der Waals surface area contributed by atoms with Gasteiger partial charge in [0.15, 0.2) is 0 Å². The van der Waals surface area contributed by atoms with Crippen LogP contribution in [0.15, 0.2) is 119 Å². The van der Waals surface area contributed by atoms with E-state index in [-0.39, 0.29) is 0 Å². The molecule has 0 saturated heterocycles. The fourth-order valence-electron chi connectivity index (χ4n) is 3.38. The quantitative estimate of drug-likeness (QED) is 0.582. The third kappa shape index (κ3) is 3.90. The molecule has 1 aliphatic rings. The van der Waals surface area contributed by atoms with Crippen LogP contribution in [0, 0.1) is 0 Å². The minimum Gasteiger partial charge on any atom is -0.286 e. The van der Waals surface area contributed by atoms with Crippen LogP contribution in [0.2, 0.25) is 0 Å². The second kappa shape index (κ2) is 8.44. The van der Waals surface area contributed by atoms with Crippen molar-refractivity contribution in [2.45, 2.75) is 0 Å². The highest BCUT2D eigenvalue weighted by atomic mass is 14.8. The Morgan fingerprint density at radius 1 is 0.793 bits per heavy atom. The van der Waals surface area contributed by atoms with Crippen molar-refractivity contribution in [2.24, 2.45) is 9.98 Å². The van der Waals surface area contributed by atoms with Gasteiger partial charge in [0.05, 0.1) is 17.1 Å². The molecule has 3 aromatic rings. The van der Waals surface area contributed by atoms with Crippen LogP contribution in [0.1, 0.15) is 16.7 Å². The van der Waals surface area contributed by atoms with E-state index in [2.05, 4.69) is 40.8 Å². The van der Waals surface area contributed by atoms with Crippen molar-refractivity contribution < 1.29 is 0 Å². The predicted octanol–water partition coefficient (Wildman–Crippen LogP) is 5.64. The van der Waals surface area contributed by atoms with Gasteiger partial charge in [-0.15, -0.1) is 0 Å². The number of benzene rings is 2. The Hall–Kier alpha value is -3.85. The summed E-state index contributed by atoms with van der Waals surface area (Å²) in [6.07, 6.45) is 7.66. The van der Waals surface area contributed by atoms with Crippen LogP contribution in [0.5, 0.6) is 0 Å². The van der Waals surface area contributed by atoms with Crippen molar-refractivity contribution in [3.63, 3.8) is 0 Å². The van der Waals surface area contributed by atoms with E-state index >= 15 is 0 Å². The smallest absolute Gasteiger partial charge is 0.0967 e. The number of pyridine rings is 1. The molecule has 0 atom stereocenters. The number of nitrogens with zero attached hydrogens (tertiary/aromatic N) is 3. The molecule has 1 aromatic heterocycles. The zero-order chi connectivity index (χ0) is 20.1. The molecule has 0 aliphatic carbocycles. The highest BCUT2D eigenvalue weighted by molar-refractivity contribution is 6.57. The molecular formula is C26H21N3. The molecule has 2 aromatic carbocycles. The number of aromatic nitrogens is 1. The minimum absolute atomic E-state index is 0.816. The van der Waals surface area contributed by atoms with Crippen LogP contribution in [0.25, 0.3) is 11.6 Å². The van der Waals surface area contributed by atoms with Gasteiger partial charge in [-0.2, -0.15) is 0 Å². The molecule has 0 spiro atoms. The highest BCUT2D eigenvalue weighted by Gasteiger charge is 2.25. The van der Waals surface area contributed by atoms with Crippen molar-refractivity contribution in [3.05, 3.63) is 126 Å². The van der Waals surface area contributed by atoms with E-state index in [0.717, 1.165) is 45.0 Å². The Morgan fingerprint density at radius 3 is 2.03 bits per heavy atom. The van der Waals surface area contributed by atoms with E-state index in [1.54, 1.807) is 19.4 Å². The van der Waals surface area contributed by atoms with Gasteiger partial charge in [0, 0.05) is 36.2 Å². The van der Waals surface area contributed by atoms with Crippen molar-refractivity contribution >= 4 is 23.1 Å². The van der Waals surface area contributed by atoms with Gasteiger partial charge in [0.2, 0.25) is 0 Å². The summed E-state index contributed by atoms with van der Waals surface area (Å²) >= 11 is 0. The Balaban J connectivity index is 1.92. The van der Waals surface area contributed by atoms with Crippen LogP contribution in [0.3, 0.4) is 0 Å². The topological polar surface area (TPSA) is 37.6 Å². The van der Waals surface area contributed by atoms with Crippen LogP contribution < -0.4 is 0 Å². The lowest BCUT2D eigenvalue weighted by atomic mass is 9.87. The molecule has 29 heavy (non-hydrogen) atoms. The lowest BCUT2D eigenvalue weighted by Crippen LogP contribution is -2.23. The van der Waals surface area contributed by atoms with Crippen LogP contribution >= 0.6 is 0 Å². The Kier molecular flexibility index (Phi) is 5.39. The van der Waals surface area contributed by atoms with E-state index < -0.39 is 0 Å². The van der Waals surface area contributed by atoms with E-state index in [1.165, 1.54) is 0 Å². The zero-order valence-corrected chi connectivity index (χ0v) is 16.3. The highest BCUT2D eigenvalue weighted by Crippen LogP contribution is 2.33. The lowest BCUT2D eigenvalue weighted by Gasteiger charge is -2.22. The third-order valence-corrected chi connectivity index (χ3v) is 4.77. The summed E-state index contributed by atoms with van der Waals surface area (Å²) in [5, 5.41) is 0. The fraction of sp³-hybridized carbons (Fsp3) is 0.0385. The van der Waals surface area contributed by atoms with Crippen molar-refractivity contribution in [1.82, 2.24) is 4.98 Å². The molecule has 0 N–H and O–H groups in total. The van der Waals surface area contributed by atoms with Gasteiger partial charge in [-0.25, -0.2) is 4.99 Å². The Labute approximate surface area is 171 Å². The lowest BCUT2D eigenvalue weighted by molar-refractivity contribution is 1.32. The minimum atomic E-state index is 0.816. The first-order chi connectivity index (χ1) is 14.3. The average molecular weight is 375 g/mol. The van der Waals surface area contributed by atoms with Crippen molar-refractivity contribution in [2.75, 3.05) is 7.05 Å². The molecule has 1 aliphatic heterocycles. The second-order valence-corrected chi connectivity index (χ2v) is 6.62. The van der Waals surface area contributed by atoms with Crippen molar-refractivity contribution in [3.8, 4) is 0 Å². The molecule has 0 radical (unpaired) electrons. The average Bonchev–Trinajstić information content (AvgIpc) is 2.79. The van der Waals surface area contributed by atoms with Gasteiger partial charge < -0.3 is 0 Å². The first kappa shape index (κ1) is 18.5. The SMILES string of the molecule is C=C1C(=NC)C(c2ccccc2)=NC(/C=C/c2ccncc2)=C1c1ccccc1. The fourth-order valence-corrected chi connectivity index (χ4v) is 3.38. The number of hydrogen-bond donors (Lipinski definition) is 0. The monoisotopic (exact) mass is 375 g/mol. The molecule has 4 rings (SSSR count). The summed E-state index contributed by atoms with van der Waals surface area (Å²) in [4.78, 5) is 13.6. The van der Waals surface area contributed by atoms with Gasteiger partial charge in [0.25, 0.3) is 0 Å². The number of allylic oxidation sites excluding steroid dienone is 3. The Morgan fingerprint density at radius 2 is 1.41 bits per heavy atom. The van der Waals surface area contributed by atoms with Crippen LogP contribution in [-0.2, 0) is 0 Å². The maximum Gasteiger partial charge on any atom is 0.0967 e. The maximum absolute atomic E-state index is 5.03. The van der Waals surface area contributed by atoms with Gasteiger partial charge in [0.1, 0.15) is 0 Å². The largest absolute Gasteiger partial charge is 0.286 e. The van der Waals surface area contributed by atoms with Gasteiger partial charge in [-0.1, -0.05) is 73.3 Å². The molecule has 3 nitrogen and oxygen atoms in total. The third-order valence-electron chi connectivity index (χ3n) is 4.77. The molecule has 140 valence electrons. The summed E-state index contributed by atoms with van der Waals surface area (Å²) in [5.41, 5.74) is 7.56. The number of hydrogen-bond acceptors (Lipinski definition) is 3. The first-order valence-corrected chi connectivity index (χ1v) is 9.46. The van der Waals surface area contributed by atoms with Gasteiger partial charge in [-0.05, 0) is 29.3 Å². The van der Waals surface area contributed by atoms with E-state index in [1.807, 2.05) is 60.7 Å². The van der Waals surface area contributed by atoms with E-state index in [0.29, 0.717) is 0 Å². The molecule has 0 saturated carbocycles. The normalized spacial score (nSPS) is 15.8. The summed E-state index contributed by atoms with van der Waals surface area (Å²) < 4.78 is 0. The number of rotatable bonds is 4. The predicted molar refractivity (Wildman–Crippen MR) is 122 cm³/mol. The van der Waals surface area contributed by atoms with Crippen LogP contribution in [0.4, 0.5) is 0 Å². The molecule has 2 heterocycles. The molecule has 0 fully saturated rings. The summed E-state index contributed by atoms with van der Waals surface area (Å²) in [7, 11) is 1.79. The van der Waals surface area contributed by atoms with Crippen molar-refractivity contribution in [1.29, 1.82) is 0 Å². The maximum atomic E-state index is 5.03. The second-order valence-electron chi connectivity index (χ2n) is 6.62. The molecule has 0 amide bonds. The molecular weight excluding hydrogens is 354 g/mol. The molecule has 0 bridgehead atoms. The summed E-state index contributed by atoms with van der Waals surface area (Å²) in [6.45, 7) is 4.39. The zero-order valence-electron chi connectivity index (χ0n) is 16.3. The van der Waals surface area contributed by atoms with Gasteiger partial charge in [-0.3, -0.25) is 9.98 Å². The summed E-state index contributed by atoms with van der Waals surface area (Å²) in [5.74, 6) is 0. The standard InChI is InChI=1S/C26H21N3/c1-19-24(21-9-5-3-6-10-21)23(14-13-20-15-17-28-18-16-20)29-26(25(19)27-2)22-11-7-4-8-12-22/h3-18H,1H2,2H3/b14-13+,27-25?. The van der Waals surface area contributed by atoms with Crippen LogP contribution in [-0.4, -0.2) is 23.5 Å². The summed E-state index contributed by atoms with van der Waals surface area (Å²) in [6, 6.07) is 24.3. The molecule has 3 heteroatoms. The van der Waals surface area contributed by atoms with E-state index in [9.17, 15) is 0 Å². The van der Waals surface area contributed by atoms with Gasteiger partial charge >= 0.3 is 0 Å². The number of aliphatic imine (C=N–C) groups is 2.